The molecule has 0 unspecified atom stereocenters. The zero-order valence-corrected chi connectivity index (χ0v) is 9.93. The second-order valence-corrected chi connectivity index (χ2v) is 2.24. The van der Waals surface area contributed by atoms with Gasteiger partial charge in [0, 0.05) is 0 Å². The van der Waals surface area contributed by atoms with Crippen molar-refractivity contribution in [2.45, 2.75) is 19.8 Å². The summed E-state index contributed by atoms with van der Waals surface area (Å²) in [7, 11) is 0. The fourth-order valence-corrected chi connectivity index (χ4v) is 0.680. The van der Waals surface area contributed by atoms with Crippen LogP contribution in [0, 0.1) is 12.2 Å². The van der Waals surface area contributed by atoms with E-state index >= 15 is 0 Å². The number of carbonyl (C=O) groups is 1. The van der Waals surface area contributed by atoms with Crippen LogP contribution < -0.4 is 0 Å². The molecule has 0 N–H and O–H groups in total. The molecule has 2 heteroatoms. The van der Waals surface area contributed by atoms with Crippen molar-refractivity contribution in [1.82, 2.24) is 0 Å². The van der Waals surface area contributed by atoms with Crippen molar-refractivity contribution in [2.75, 3.05) is 0 Å². The van der Waals surface area contributed by atoms with Crippen molar-refractivity contribution in [2.24, 2.45) is 0 Å². The van der Waals surface area contributed by atoms with Crippen LogP contribution >= 0.6 is 0 Å². The number of hydrogen-bond donors (Lipinski definition) is 0. The third kappa shape index (κ3) is 13.9. The Hall–Kier alpha value is -0.656. The van der Waals surface area contributed by atoms with Crippen LogP contribution in [0.2, 0.25) is 0 Å². The van der Waals surface area contributed by atoms with E-state index in [1.807, 2.05) is 24.3 Å². The Morgan fingerprint density at radius 2 is 1.43 bits per heavy atom. The van der Waals surface area contributed by atoms with E-state index in [0.717, 1.165) is 19.1 Å². The topological polar surface area (TPSA) is 17.1 Å². The Morgan fingerprint density at radius 3 is 1.50 bits per heavy atom. The van der Waals surface area contributed by atoms with Crippen LogP contribution in [0.5, 0.6) is 0 Å². The minimum atomic E-state index is 0. The standard InChI is InChI=1S/2C5H5.C2H4O.Ti/c2*1-2-4-5-3-1;1-2-3;/h2*1-3H,4H2;2H,1H3;/q2*-1;;+2. The smallest absolute Gasteiger partial charge is 0.304 e. The predicted molar refractivity (Wildman–Crippen MR) is 54.9 cm³/mol. The Kier molecular flexibility index (Phi) is 16.8. The van der Waals surface area contributed by atoms with E-state index in [-0.39, 0.29) is 21.7 Å². The monoisotopic (exact) mass is 222 g/mol. The van der Waals surface area contributed by atoms with Gasteiger partial charge in [0.05, 0.1) is 0 Å². The van der Waals surface area contributed by atoms with Gasteiger partial charge in [-0.05, 0) is 6.92 Å². The zero-order chi connectivity index (χ0) is 9.78. The zero-order valence-electron chi connectivity index (χ0n) is 8.36. The molecule has 0 aromatic rings. The SMILES string of the molecule is CC=O.[C-]1=CC=CC1.[C-]1=CC=CC1.[Ti+2]. The van der Waals surface area contributed by atoms with E-state index in [9.17, 15) is 0 Å². The molecule has 14 heavy (non-hydrogen) atoms. The summed E-state index contributed by atoms with van der Waals surface area (Å²) >= 11 is 0. The Balaban J connectivity index is 0. The van der Waals surface area contributed by atoms with Crippen molar-refractivity contribution < 1.29 is 26.5 Å². The van der Waals surface area contributed by atoms with Gasteiger partial charge in [-0.25, -0.2) is 24.3 Å². The molecule has 1 nitrogen and oxygen atoms in total. The maximum atomic E-state index is 8.81. The molecule has 0 aromatic carbocycles. The maximum absolute atomic E-state index is 8.81. The van der Waals surface area contributed by atoms with Crippen molar-refractivity contribution in [1.29, 1.82) is 0 Å². The minimum absolute atomic E-state index is 0. The summed E-state index contributed by atoms with van der Waals surface area (Å²) in [6.45, 7) is 1.44. The molecule has 2 aliphatic rings. The van der Waals surface area contributed by atoms with Gasteiger partial charge in [0.25, 0.3) is 0 Å². The van der Waals surface area contributed by atoms with Crippen molar-refractivity contribution in [3.8, 4) is 0 Å². The number of aldehydes is 1. The molecule has 72 valence electrons. The van der Waals surface area contributed by atoms with E-state index in [4.69, 9.17) is 4.79 Å². The van der Waals surface area contributed by atoms with Gasteiger partial charge in [0.2, 0.25) is 0 Å². The molecule has 0 spiro atoms. The number of rotatable bonds is 0. The first-order valence-corrected chi connectivity index (χ1v) is 4.25. The molecular weight excluding hydrogens is 208 g/mol. The number of hydrogen-bond acceptors (Lipinski definition) is 1. The second-order valence-electron chi connectivity index (χ2n) is 2.24. The largest absolute Gasteiger partial charge is 2.00 e. The number of allylic oxidation sites excluding steroid dienone is 8. The van der Waals surface area contributed by atoms with Crippen LogP contribution in [0.15, 0.2) is 36.5 Å². The van der Waals surface area contributed by atoms with E-state index in [0.29, 0.717) is 0 Å². The summed E-state index contributed by atoms with van der Waals surface area (Å²) in [6, 6.07) is 0. The average molecular weight is 222 g/mol. The Morgan fingerprint density at radius 1 is 1.07 bits per heavy atom. The molecular formula is C12H14OTi. The van der Waals surface area contributed by atoms with Gasteiger partial charge in [-0.15, -0.1) is 12.8 Å². The van der Waals surface area contributed by atoms with Crippen LogP contribution in [0.25, 0.3) is 0 Å². The molecule has 0 saturated heterocycles. The molecule has 0 saturated carbocycles. The quantitative estimate of drug-likeness (QED) is 0.350. The van der Waals surface area contributed by atoms with Gasteiger partial charge < -0.3 is 4.79 Å². The fourth-order valence-electron chi connectivity index (χ4n) is 0.680. The average Bonchev–Trinajstić information content (AvgIpc) is 2.85. The molecule has 0 fully saturated rings. The first-order valence-electron chi connectivity index (χ1n) is 4.25. The molecule has 0 atom stereocenters. The molecule has 0 bridgehead atoms. The minimum Gasteiger partial charge on any atom is -0.304 e. The van der Waals surface area contributed by atoms with Gasteiger partial charge in [-0.1, -0.05) is 0 Å². The summed E-state index contributed by atoms with van der Waals surface area (Å²) in [5.41, 5.74) is 0. The summed E-state index contributed by atoms with van der Waals surface area (Å²) in [4.78, 5) is 8.81. The third-order valence-corrected chi connectivity index (χ3v) is 1.17. The summed E-state index contributed by atoms with van der Waals surface area (Å²) < 4.78 is 0. The molecule has 0 amide bonds. The van der Waals surface area contributed by atoms with Crippen molar-refractivity contribution in [3.05, 3.63) is 48.6 Å². The molecule has 2 rings (SSSR count). The van der Waals surface area contributed by atoms with Crippen LogP contribution in [-0.4, -0.2) is 6.29 Å². The summed E-state index contributed by atoms with van der Waals surface area (Å²) in [6.07, 6.45) is 20.7. The van der Waals surface area contributed by atoms with Gasteiger partial charge >= 0.3 is 21.7 Å². The van der Waals surface area contributed by atoms with Crippen LogP contribution in [-0.2, 0) is 26.5 Å². The van der Waals surface area contributed by atoms with Crippen molar-refractivity contribution in [3.63, 3.8) is 0 Å². The molecule has 0 heterocycles. The molecule has 0 aliphatic heterocycles. The molecule has 0 aromatic heterocycles. The molecule has 0 radical (unpaired) electrons. The first-order chi connectivity index (χ1) is 6.41. The van der Waals surface area contributed by atoms with Crippen LogP contribution in [0.1, 0.15) is 19.8 Å². The van der Waals surface area contributed by atoms with E-state index in [1.54, 1.807) is 0 Å². The summed E-state index contributed by atoms with van der Waals surface area (Å²) in [5, 5.41) is 0. The second kappa shape index (κ2) is 14.8. The van der Waals surface area contributed by atoms with Gasteiger partial charge in [0.15, 0.2) is 0 Å². The Labute approximate surface area is 101 Å². The maximum Gasteiger partial charge on any atom is 2.00 e. The van der Waals surface area contributed by atoms with Crippen molar-refractivity contribution >= 4 is 6.29 Å². The van der Waals surface area contributed by atoms with E-state index in [1.165, 1.54) is 6.92 Å². The first kappa shape index (κ1) is 15.8. The third-order valence-electron chi connectivity index (χ3n) is 1.17. The van der Waals surface area contributed by atoms with E-state index < -0.39 is 0 Å². The Bertz CT molecular complexity index is 182. The van der Waals surface area contributed by atoms with Gasteiger partial charge in [-0.2, -0.15) is 12.2 Å². The summed E-state index contributed by atoms with van der Waals surface area (Å²) in [5.74, 6) is 0. The predicted octanol–water partition coefficient (Wildman–Crippen LogP) is 2.81. The number of carbonyl (C=O) groups excluding carboxylic acids is 1. The fraction of sp³-hybridized carbons (Fsp3) is 0.250. The van der Waals surface area contributed by atoms with Gasteiger partial charge in [-0.3, -0.25) is 12.2 Å². The van der Waals surface area contributed by atoms with Crippen LogP contribution in [0.3, 0.4) is 0 Å². The molecule has 2 aliphatic carbocycles. The van der Waals surface area contributed by atoms with Crippen LogP contribution in [0.4, 0.5) is 0 Å². The van der Waals surface area contributed by atoms with E-state index in [2.05, 4.69) is 24.3 Å². The van der Waals surface area contributed by atoms with Gasteiger partial charge in [0.1, 0.15) is 6.29 Å². The normalized spacial score (nSPS) is 13.5.